The predicted molar refractivity (Wildman–Crippen MR) is 46.7 cm³/mol. The summed E-state index contributed by atoms with van der Waals surface area (Å²) >= 11 is 0. The third kappa shape index (κ3) is 1.31. The molecule has 1 aliphatic carbocycles. The Kier molecular flexibility index (Phi) is 2.41. The van der Waals surface area contributed by atoms with Crippen LogP contribution in [-0.4, -0.2) is 17.7 Å². The Hall–Kier alpha value is -1.30. The summed E-state index contributed by atoms with van der Waals surface area (Å²) in [5.41, 5.74) is 3.11. The summed E-state index contributed by atoms with van der Waals surface area (Å²) in [5, 5.41) is 0. The number of primary amides is 1. The molecule has 2 unspecified atom stereocenters. The molecule has 0 aromatic heterocycles. The fourth-order valence-electron chi connectivity index (χ4n) is 1.69. The largest absolute Gasteiger partial charge is 0.442 e. The third-order valence-electron chi connectivity index (χ3n) is 3.15. The number of hydrogen-bond acceptors (Lipinski definition) is 5. The minimum Gasteiger partial charge on any atom is -0.442 e. The molecule has 4 N–H and O–H groups in total. The van der Waals surface area contributed by atoms with Crippen LogP contribution in [0.3, 0.4) is 0 Å². The van der Waals surface area contributed by atoms with Crippen LogP contribution in [0.25, 0.3) is 0 Å². The lowest BCUT2D eigenvalue weighted by Gasteiger charge is -2.51. The molecule has 0 bridgehead atoms. The molecule has 14 heavy (non-hydrogen) atoms. The lowest BCUT2D eigenvalue weighted by atomic mass is 9.58. The molecular weight excluding hydrogens is 188 g/mol. The topological polar surface area (TPSA) is 105 Å². The van der Waals surface area contributed by atoms with Gasteiger partial charge in [0.2, 0.25) is 0 Å². The number of nitrogens with two attached hydrogens (primary N) is 2. The van der Waals surface area contributed by atoms with Gasteiger partial charge >= 0.3 is 12.1 Å². The summed E-state index contributed by atoms with van der Waals surface area (Å²) < 4.78 is 4.89. The molecule has 1 saturated carbocycles. The molecule has 80 valence electrons. The Bertz CT molecular complexity index is 281. The number of ether oxygens (including phenoxy) is 1. The Balaban J connectivity index is 2.82. The van der Waals surface area contributed by atoms with Crippen molar-refractivity contribution in [2.45, 2.75) is 32.3 Å². The molecule has 1 aliphatic rings. The zero-order valence-corrected chi connectivity index (χ0v) is 8.20. The summed E-state index contributed by atoms with van der Waals surface area (Å²) in [6.07, 6.45) is 0.234. The normalized spacial score (nSPS) is 35.6. The fraction of sp³-hybridized carbons (Fsp3) is 0.750. The van der Waals surface area contributed by atoms with Gasteiger partial charge in [0, 0.05) is 0 Å². The van der Waals surface area contributed by atoms with Crippen molar-refractivity contribution in [3.8, 4) is 0 Å². The van der Waals surface area contributed by atoms with E-state index >= 15 is 0 Å². The molecule has 0 aromatic carbocycles. The Morgan fingerprint density at radius 2 is 1.86 bits per heavy atom. The molecule has 1 amide bonds. The molecule has 0 heterocycles. The van der Waals surface area contributed by atoms with Crippen LogP contribution in [-0.2, 0) is 14.4 Å². The van der Waals surface area contributed by atoms with Crippen LogP contribution >= 0.6 is 0 Å². The van der Waals surface area contributed by atoms with Crippen molar-refractivity contribution in [1.82, 2.24) is 0 Å². The number of rotatable bonds is 2. The SMILES string of the molecule is CC1(OC(N)=O)CCC1(C)C(=O)ON. The maximum atomic E-state index is 11.3. The number of carbonyl (C=O) groups excluding carboxylic acids is 2. The summed E-state index contributed by atoms with van der Waals surface area (Å²) in [6, 6.07) is 0. The lowest BCUT2D eigenvalue weighted by molar-refractivity contribution is -0.195. The number of amides is 1. The highest BCUT2D eigenvalue weighted by Gasteiger charge is 2.61. The van der Waals surface area contributed by atoms with Crippen LogP contribution < -0.4 is 11.6 Å². The molecule has 2 atom stereocenters. The highest BCUT2D eigenvalue weighted by Crippen LogP contribution is 2.52. The zero-order chi connectivity index (χ0) is 11.0. The molecule has 0 spiro atoms. The van der Waals surface area contributed by atoms with Gasteiger partial charge in [-0.25, -0.2) is 9.59 Å². The Morgan fingerprint density at radius 1 is 1.29 bits per heavy atom. The first-order valence-electron chi connectivity index (χ1n) is 4.25. The van der Waals surface area contributed by atoms with Crippen LogP contribution in [0.2, 0.25) is 0 Å². The summed E-state index contributed by atoms with van der Waals surface area (Å²) in [7, 11) is 0. The second kappa shape index (κ2) is 3.13. The van der Waals surface area contributed by atoms with E-state index in [1.165, 1.54) is 0 Å². The average molecular weight is 202 g/mol. The molecule has 1 fully saturated rings. The van der Waals surface area contributed by atoms with Crippen molar-refractivity contribution >= 4 is 12.1 Å². The predicted octanol–water partition coefficient (Wildman–Crippen LogP) is 0.0574. The van der Waals surface area contributed by atoms with Crippen LogP contribution in [0.5, 0.6) is 0 Å². The van der Waals surface area contributed by atoms with Gasteiger partial charge in [0.1, 0.15) is 11.0 Å². The molecular formula is C8H14N2O4. The Labute approximate surface area is 81.5 Å². The maximum Gasteiger partial charge on any atom is 0.405 e. The minimum absolute atomic E-state index is 0.562. The first-order chi connectivity index (χ1) is 6.35. The van der Waals surface area contributed by atoms with E-state index in [0.29, 0.717) is 12.8 Å². The molecule has 1 rings (SSSR count). The first kappa shape index (κ1) is 10.8. The molecule has 0 radical (unpaired) electrons. The van der Waals surface area contributed by atoms with E-state index in [0.717, 1.165) is 0 Å². The average Bonchev–Trinajstić information content (AvgIpc) is 2.12. The van der Waals surface area contributed by atoms with E-state index in [4.69, 9.17) is 16.4 Å². The van der Waals surface area contributed by atoms with Crippen LogP contribution in [0.15, 0.2) is 0 Å². The lowest BCUT2D eigenvalue weighted by Crippen LogP contribution is -2.61. The van der Waals surface area contributed by atoms with Crippen molar-refractivity contribution < 1.29 is 19.2 Å². The maximum absolute atomic E-state index is 11.3. The van der Waals surface area contributed by atoms with Gasteiger partial charge in [-0.15, -0.1) is 0 Å². The van der Waals surface area contributed by atoms with Gasteiger partial charge in [-0.2, -0.15) is 5.90 Å². The molecule has 6 heteroatoms. The Morgan fingerprint density at radius 3 is 2.14 bits per heavy atom. The molecule has 6 nitrogen and oxygen atoms in total. The molecule has 0 aliphatic heterocycles. The summed E-state index contributed by atoms with van der Waals surface area (Å²) in [6.45, 7) is 3.27. The van der Waals surface area contributed by atoms with Gasteiger partial charge in [-0.1, -0.05) is 0 Å². The van der Waals surface area contributed by atoms with Gasteiger partial charge in [-0.3, -0.25) is 0 Å². The first-order valence-corrected chi connectivity index (χ1v) is 4.25. The van der Waals surface area contributed by atoms with Crippen molar-refractivity contribution in [3.05, 3.63) is 0 Å². The van der Waals surface area contributed by atoms with E-state index in [9.17, 15) is 9.59 Å². The van der Waals surface area contributed by atoms with Crippen LogP contribution in [0.1, 0.15) is 26.7 Å². The second-order valence-corrected chi connectivity index (χ2v) is 3.89. The van der Waals surface area contributed by atoms with Crippen molar-refractivity contribution in [2.75, 3.05) is 0 Å². The minimum atomic E-state index is -0.907. The van der Waals surface area contributed by atoms with E-state index < -0.39 is 23.1 Å². The van der Waals surface area contributed by atoms with Gasteiger partial charge < -0.3 is 15.3 Å². The quantitative estimate of drug-likeness (QED) is 0.616. The second-order valence-electron chi connectivity index (χ2n) is 3.89. The highest BCUT2D eigenvalue weighted by molar-refractivity contribution is 5.80. The van der Waals surface area contributed by atoms with Crippen LogP contribution in [0, 0.1) is 5.41 Å². The van der Waals surface area contributed by atoms with Gasteiger partial charge in [0.15, 0.2) is 0 Å². The van der Waals surface area contributed by atoms with Crippen molar-refractivity contribution in [1.29, 1.82) is 0 Å². The standard InChI is InChI=1S/C8H14N2O4/c1-7(5(11)14-10)3-4-8(7,2)13-6(9)12/h3-4,10H2,1-2H3,(H2,9,12). The monoisotopic (exact) mass is 202 g/mol. The van der Waals surface area contributed by atoms with Gasteiger partial charge in [-0.05, 0) is 26.7 Å². The summed E-state index contributed by atoms with van der Waals surface area (Å²) in [4.78, 5) is 26.1. The van der Waals surface area contributed by atoms with E-state index in [1.807, 2.05) is 0 Å². The third-order valence-corrected chi connectivity index (χ3v) is 3.15. The zero-order valence-electron chi connectivity index (χ0n) is 8.20. The van der Waals surface area contributed by atoms with E-state index in [1.54, 1.807) is 13.8 Å². The number of carbonyl (C=O) groups is 2. The van der Waals surface area contributed by atoms with Crippen molar-refractivity contribution in [2.24, 2.45) is 17.0 Å². The van der Waals surface area contributed by atoms with Crippen molar-refractivity contribution in [3.63, 3.8) is 0 Å². The van der Waals surface area contributed by atoms with Gasteiger partial charge in [0.05, 0.1) is 0 Å². The van der Waals surface area contributed by atoms with E-state index in [-0.39, 0.29) is 0 Å². The smallest absolute Gasteiger partial charge is 0.405 e. The fourth-order valence-corrected chi connectivity index (χ4v) is 1.69. The summed E-state index contributed by atoms with van der Waals surface area (Å²) in [5.74, 6) is 4.21. The number of hydrogen-bond donors (Lipinski definition) is 2. The molecule has 0 saturated heterocycles. The van der Waals surface area contributed by atoms with E-state index in [2.05, 4.69) is 4.84 Å². The van der Waals surface area contributed by atoms with Crippen LogP contribution in [0.4, 0.5) is 4.79 Å². The van der Waals surface area contributed by atoms with Gasteiger partial charge in [0.25, 0.3) is 0 Å². The molecule has 0 aromatic rings. The highest BCUT2D eigenvalue weighted by atomic mass is 16.7.